The molecule has 2 fully saturated rings. The summed E-state index contributed by atoms with van der Waals surface area (Å²) in [7, 11) is 0. The van der Waals surface area contributed by atoms with Crippen molar-refractivity contribution in [2.75, 3.05) is 0 Å². The minimum atomic E-state index is -0.298. The van der Waals surface area contributed by atoms with Gasteiger partial charge in [-0.15, -0.1) is 0 Å². The van der Waals surface area contributed by atoms with E-state index in [1.54, 1.807) is 0 Å². The van der Waals surface area contributed by atoms with Crippen LogP contribution < -0.4 is 0 Å². The predicted molar refractivity (Wildman–Crippen MR) is 124 cm³/mol. The van der Waals surface area contributed by atoms with Gasteiger partial charge in [-0.25, -0.2) is 4.79 Å². The van der Waals surface area contributed by atoms with Gasteiger partial charge in [0.05, 0.1) is 5.57 Å². The van der Waals surface area contributed by atoms with Crippen LogP contribution in [0.4, 0.5) is 0 Å². The Labute approximate surface area is 196 Å². The van der Waals surface area contributed by atoms with E-state index < -0.39 is 0 Å². The molecule has 4 aliphatic rings. The molecule has 5 rings (SSSR count). The Morgan fingerprint density at radius 2 is 1.73 bits per heavy atom. The average molecular weight is 453 g/mol. The van der Waals surface area contributed by atoms with Crippen LogP contribution in [-0.2, 0) is 23.8 Å². The Balaban J connectivity index is 1.45. The molecule has 1 aromatic carbocycles. The van der Waals surface area contributed by atoms with Crippen LogP contribution in [0.3, 0.4) is 0 Å². The molecule has 0 amide bonds. The summed E-state index contributed by atoms with van der Waals surface area (Å²) in [6, 6.07) is 9.93. The van der Waals surface area contributed by atoms with Crippen LogP contribution in [0.5, 0.6) is 0 Å². The summed E-state index contributed by atoms with van der Waals surface area (Å²) in [4.78, 5) is 24.9. The summed E-state index contributed by atoms with van der Waals surface area (Å²) >= 11 is 0. The highest BCUT2D eigenvalue weighted by molar-refractivity contribution is 5.90. The Morgan fingerprint density at radius 1 is 1.00 bits per heavy atom. The van der Waals surface area contributed by atoms with E-state index in [2.05, 4.69) is 27.7 Å². The zero-order valence-electron chi connectivity index (χ0n) is 20.5. The second kappa shape index (κ2) is 7.61. The molecule has 5 heteroatoms. The average Bonchev–Trinajstić information content (AvgIpc) is 2.75. The van der Waals surface area contributed by atoms with Gasteiger partial charge in [0.25, 0.3) is 0 Å². The molecule has 0 bridgehead atoms. The van der Waals surface area contributed by atoms with Crippen molar-refractivity contribution in [2.45, 2.75) is 91.0 Å². The summed E-state index contributed by atoms with van der Waals surface area (Å²) in [6.45, 7) is 10.6. The Bertz CT molecular complexity index is 995. The standard InChI is InChI=1S/C28H36O5/c1-17(29)31-24-12-13-27(4)22(26(24,2)3)11-14-28(5)23(27)15-19-21(33-28)16-20(32-25(19)30)18-9-7-6-8-10-18/h6-10,20,22-24H,11-16H2,1-5H3/t20?,22-,23+,24-,27-,28+/m0/s1. The lowest BCUT2D eigenvalue weighted by atomic mass is 9.44. The van der Waals surface area contributed by atoms with E-state index in [0.717, 1.165) is 42.6 Å². The zero-order chi connectivity index (χ0) is 23.6. The number of fused-ring (bicyclic) bond motifs is 3. The van der Waals surface area contributed by atoms with Gasteiger partial charge < -0.3 is 14.2 Å². The van der Waals surface area contributed by atoms with Crippen molar-refractivity contribution in [3.8, 4) is 0 Å². The minimum absolute atomic E-state index is 0.00222. The van der Waals surface area contributed by atoms with Gasteiger partial charge in [0.15, 0.2) is 0 Å². The third-order valence-electron chi connectivity index (χ3n) is 9.38. The fraction of sp³-hybridized carbons (Fsp3) is 0.643. The molecule has 0 aromatic heterocycles. The second-order valence-corrected chi connectivity index (χ2v) is 11.6. The SMILES string of the molecule is CC(=O)O[C@H]1CC[C@]2(C)[C@H]3CC4=C(CC(c5ccccc5)OC4=O)O[C@]3(C)CC[C@H]2C1(C)C. The normalized spacial score (nSPS) is 39.4. The molecule has 5 nitrogen and oxygen atoms in total. The van der Waals surface area contributed by atoms with E-state index >= 15 is 0 Å². The summed E-state index contributed by atoms with van der Waals surface area (Å²) in [5.74, 6) is 1.01. The third kappa shape index (κ3) is 3.50. The molecule has 0 N–H and O–H groups in total. The third-order valence-corrected chi connectivity index (χ3v) is 9.38. The van der Waals surface area contributed by atoms with Crippen LogP contribution in [0.25, 0.3) is 0 Å². The summed E-state index contributed by atoms with van der Waals surface area (Å²) in [5.41, 5.74) is 1.32. The van der Waals surface area contributed by atoms with E-state index in [-0.39, 0.29) is 46.5 Å². The van der Waals surface area contributed by atoms with Gasteiger partial charge in [0.2, 0.25) is 0 Å². The zero-order valence-corrected chi connectivity index (χ0v) is 20.5. The fourth-order valence-corrected chi connectivity index (χ4v) is 7.75. The number of cyclic esters (lactones) is 1. The first-order valence-electron chi connectivity index (χ1n) is 12.4. The molecule has 0 spiro atoms. The van der Waals surface area contributed by atoms with Gasteiger partial charge in [-0.1, -0.05) is 51.1 Å². The van der Waals surface area contributed by atoms with Crippen molar-refractivity contribution in [1.82, 2.24) is 0 Å². The maximum Gasteiger partial charge on any atom is 0.338 e. The molecule has 6 atom stereocenters. The van der Waals surface area contributed by atoms with Crippen LogP contribution in [0.1, 0.15) is 84.8 Å². The van der Waals surface area contributed by atoms with E-state index in [1.165, 1.54) is 6.92 Å². The molecule has 33 heavy (non-hydrogen) atoms. The number of rotatable bonds is 2. The Morgan fingerprint density at radius 3 is 2.42 bits per heavy atom. The number of benzene rings is 1. The lowest BCUT2D eigenvalue weighted by Crippen LogP contribution is -2.62. The highest BCUT2D eigenvalue weighted by Crippen LogP contribution is 2.66. The number of ether oxygens (including phenoxy) is 3. The number of carbonyl (C=O) groups is 2. The van der Waals surface area contributed by atoms with Gasteiger partial charge in [-0.3, -0.25) is 4.79 Å². The summed E-state index contributed by atoms with van der Waals surface area (Å²) in [5, 5.41) is 0. The van der Waals surface area contributed by atoms with Gasteiger partial charge >= 0.3 is 11.9 Å². The van der Waals surface area contributed by atoms with E-state index in [1.807, 2.05) is 30.3 Å². The van der Waals surface area contributed by atoms with Crippen molar-refractivity contribution in [3.63, 3.8) is 0 Å². The topological polar surface area (TPSA) is 61.8 Å². The van der Waals surface area contributed by atoms with Crippen molar-refractivity contribution in [2.24, 2.45) is 22.7 Å². The quantitative estimate of drug-likeness (QED) is 0.524. The Hall–Kier alpha value is -2.30. The second-order valence-electron chi connectivity index (χ2n) is 11.6. The molecule has 0 radical (unpaired) electrons. The highest BCUT2D eigenvalue weighted by atomic mass is 16.6. The predicted octanol–water partition coefficient (Wildman–Crippen LogP) is 5.89. The summed E-state index contributed by atoms with van der Waals surface area (Å²) < 4.78 is 18.4. The van der Waals surface area contributed by atoms with Crippen molar-refractivity contribution in [3.05, 3.63) is 47.2 Å². The van der Waals surface area contributed by atoms with E-state index in [0.29, 0.717) is 18.8 Å². The molecular formula is C28H36O5. The van der Waals surface area contributed by atoms with Crippen LogP contribution in [-0.4, -0.2) is 23.6 Å². The monoisotopic (exact) mass is 452 g/mol. The lowest BCUT2D eigenvalue weighted by molar-refractivity contribution is -0.218. The maximum atomic E-state index is 13.1. The molecule has 2 aliphatic heterocycles. The van der Waals surface area contributed by atoms with Crippen molar-refractivity contribution < 1.29 is 23.8 Å². The minimum Gasteiger partial charge on any atom is -0.491 e. The molecule has 1 aromatic rings. The number of hydrogen-bond donors (Lipinski definition) is 0. The first kappa shape index (κ1) is 22.5. The molecule has 0 saturated heterocycles. The molecule has 2 saturated carbocycles. The molecule has 1 unspecified atom stereocenters. The van der Waals surface area contributed by atoms with Gasteiger partial charge in [0, 0.05) is 24.7 Å². The van der Waals surface area contributed by atoms with Gasteiger partial charge in [-0.2, -0.15) is 0 Å². The Kier molecular flexibility index (Phi) is 5.19. The maximum absolute atomic E-state index is 13.1. The van der Waals surface area contributed by atoms with Crippen LogP contribution in [0, 0.1) is 22.7 Å². The molecule has 2 aliphatic carbocycles. The molecule has 2 heterocycles. The lowest BCUT2D eigenvalue weighted by Gasteiger charge is -2.64. The first-order chi connectivity index (χ1) is 15.5. The number of esters is 2. The number of carbonyl (C=O) groups excluding carboxylic acids is 2. The van der Waals surface area contributed by atoms with E-state index in [9.17, 15) is 9.59 Å². The van der Waals surface area contributed by atoms with Crippen molar-refractivity contribution >= 4 is 11.9 Å². The van der Waals surface area contributed by atoms with Gasteiger partial charge in [0.1, 0.15) is 23.6 Å². The van der Waals surface area contributed by atoms with Crippen LogP contribution in [0.15, 0.2) is 41.7 Å². The number of hydrogen-bond acceptors (Lipinski definition) is 5. The first-order valence-corrected chi connectivity index (χ1v) is 12.4. The fourth-order valence-electron chi connectivity index (χ4n) is 7.75. The van der Waals surface area contributed by atoms with Crippen molar-refractivity contribution in [1.29, 1.82) is 0 Å². The smallest absolute Gasteiger partial charge is 0.338 e. The molecule has 178 valence electrons. The van der Waals surface area contributed by atoms with E-state index in [4.69, 9.17) is 14.2 Å². The summed E-state index contributed by atoms with van der Waals surface area (Å²) in [6.07, 6.45) is 4.73. The van der Waals surface area contributed by atoms with Crippen LogP contribution >= 0.6 is 0 Å². The largest absolute Gasteiger partial charge is 0.491 e. The van der Waals surface area contributed by atoms with Crippen LogP contribution in [0.2, 0.25) is 0 Å². The highest BCUT2D eigenvalue weighted by Gasteiger charge is 2.64. The van der Waals surface area contributed by atoms with Gasteiger partial charge in [-0.05, 0) is 55.9 Å². The molecular weight excluding hydrogens is 416 g/mol.